The van der Waals surface area contributed by atoms with E-state index in [-0.39, 0.29) is 5.54 Å². The molecule has 19 heavy (non-hydrogen) atoms. The quantitative estimate of drug-likeness (QED) is 0.695. The van der Waals surface area contributed by atoms with Crippen molar-refractivity contribution in [3.8, 4) is 0 Å². The van der Waals surface area contributed by atoms with Gasteiger partial charge in [-0.2, -0.15) is 0 Å². The summed E-state index contributed by atoms with van der Waals surface area (Å²) in [5.74, 6) is 0.422. The summed E-state index contributed by atoms with van der Waals surface area (Å²) in [5, 5.41) is 13.4. The van der Waals surface area contributed by atoms with E-state index in [0.717, 1.165) is 25.9 Å². The third kappa shape index (κ3) is 3.48. The fraction of sp³-hybridized carbons (Fsp3) is 1.00. The number of hydrogen-bond donors (Lipinski definition) is 3. The molecule has 2 aliphatic rings. The van der Waals surface area contributed by atoms with Crippen molar-refractivity contribution < 1.29 is 5.11 Å². The van der Waals surface area contributed by atoms with Gasteiger partial charge in [0.2, 0.25) is 0 Å². The molecule has 4 N–H and O–H groups in total. The molecule has 0 amide bonds. The molecule has 0 aromatic carbocycles. The first kappa shape index (κ1) is 15.2. The average Bonchev–Trinajstić information content (AvgIpc) is 2.84. The van der Waals surface area contributed by atoms with Gasteiger partial charge in [0.1, 0.15) is 0 Å². The van der Waals surface area contributed by atoms with Crippen molar-refractivity contribution in [2.24, 2.45) is 11.7 Å². The molecular formula is C15H31N3O. The van der Waals surface area contributed by atoms with Crippen LogP contribution in [0.1, 0.15) is 46.0 Å². The Kier molecular flexibility index (Phi) is 5.23. The maximum Gasteiger partial charge on any atom is 0.0474 e. The second-order valence-corrected chi connectivity index (χ2v) is 6.78. The molecule has 4 heteroatoms. The summed E-state index contributed by atoms with van der Waals surface area (Å²) in [4.78, 5) is 2.51. The lowest BCUT2D eigenvalue weighted by Gasteiger charge is -2.39. The van der Waals surface area contributed by atoms with Gasteiger partial charge in [-0.15, -0.1) is 0 Å². The number of nitrogens with one attached hydrogen (secondary N) is 1. The Balaban J connectivity index is 1.98. The number of aliphatic hydroxyl groups excluding tert-OH is 1. The van der Waals surface area contributed by atoms with E-state index in [1.165, 1.54) is 19.3 Å². The van der Waals surface area contributed by atoms with Crippen molar-refractivity contribution in [2.45, 2.75) is 63.6 Å². The standard InChI is InChI=1S/C15H31N3O/c1-12(2)18-8-7-15(10-16,11-18)17-14-6-4-3-5-13(14)9-19/h12-14,17,19H,3-11,16H2,1-2H3. The van der Waals surface area contributed by atoms with E-state index >= 15 is 0 Å². The Morgan fingerprint density at radius 3 is 2.68 bits per heavy atom. The fourth-order valence-electron chi connectivity index (χ4n) is 3.70. The fourth-order valence-corrected chi connectivity index (χ4v) is 3.70. The Morgan fingerprint density at radius 1 is 1.37 bits per heavy atom. The van der Waals surface area contributed by atoms with Crippen LogP contribution in [0.15, 0.2) is 0 Å². The molecule has 0 radical (unpaired) electrons. The van der Waals surface area contributed by atoms with Gasteiger partial charge in [0.15, 0.2) is 0 Å². The van der Waals surface area contributed by atoms with E-state index < -0.39 is 0 Å². The van der Waals surface area contributed by atoms with Gasteiger partial charge in [-0.25, -0.2) is 0 Å². The molecule has 1 aliphatic heterocycles. The van der Waals surface area contributed by atoms with Gasteiger partial charge in [0, 0.05) is 43.9 Å². The molecule has 0 spiro atoms. The molecule has 4 nitrogen and oxygen atoms in total. The van der Waals surface area contributed by atoms with Crippen LogP contribution in [0.3, 0.4) is 0 Å². The molecule has 1 saturated heterocycles. The minimum absolute atomic E-state index is 0.0691. The molecule has 3 atom stereocenters. The zero-order chi connectivity index (χ0) is 13.9. The van der Waals surface area contributed by atoms with E-state index in [1.807, 2.05) is 0 Å². The SMILES string of the molecule is CC(C)N1CCC(CN)(NC2CCCCC2CO)C1. The Bertz CT molecular complexity index is 285. The van der Waals surface area contributed by atoms with Crippen LogP contribution in [0.5, 0.6) is 0 Å². The summed E-state index contributed by atoms with van der Waals surface area (Å²) in [6, 6.07) is 1.05. The molecule has 2 fully saturated rings. The van der Waals surface area contributed by atoms with Crippen molar-refractivity contribution >= 4 is 0 Å². The third-order valence-corrected chi connectivity index (χ3v) is 5.14. The van der Waals surface area contributed by atoms with Crippen LogP contribution in [0.25, 0.3) is 0 Å². The summed E-state index contributed by atoms with van der Waals surface area (Å²) >= 11 is 0. The number of nitrogens with zero attached hydrogens (tertiary/aromatic N) is 1. The zero-order valence-corrected chi connectivity index (χ0v) is 12.6. The molecule has 0 bridgehead atoms. The first-order valence-corrected chi connectivity index (χ1v) is 7.93. The second-order valence-electron chi connectivity index (χ2n) is 6.78. The average molecular weight is 269 g/mol. The van der Waals surface area contributed by atoms with Crippen LogP contribution in [-0.4, -0.2) is 53.9 Å². The van der Waals surface area contributed by atoms with Crippen molar-refractivity contribution in [3.63, 3.8) is 0 Å². The zero-order valence-electron chi connectivity index (χ0n) is 12.6. The van der Waals surface area contributed by atoms with Gasteiger partial charge in [-0.1, -0.05) is 12.8 Å². The topological polar surface area (TPSA) is 61.5 Å². The Morgan fingerprint density at radius 2 is 2.11 bits per heavy atom. The largest absolute Gasteiger partial charge is 0.396 e. The number of nitrogens with two attached hydrogens (primary N) is 1. The van der Waals surface area contributed by atoms with Gasteiger partial charge in [-0.3, -0.25) is 4.90 Å². The molecule has 112 valence electrons. The number of aliphatic hydroxyl groups is 1. The molecule has 0 aromatic rings. The minimum Gasteiger partial charge on any atom is -0.396 e. The van der Waals surface area contributed by atoms with E-state index in [0.29, 0.717) is 31.2 Å². The smallest absolute Gasteiger partial charge is 0.0474 e. The van der Waals surface area contributed by atoms with Crippen LogP contribution in [0.2, 0.25) is 0 Å². The minimum atomic E-state index is 0.0691. The summed E-state index contributed by atoms with van der Waals surface area (Å²) < 4.78 is 0. The Labute approximate surface area is 117 Å². The molecule has 2 rings (SSSR count). The van der Waals surface area contributed by atoms with Crippen LogP contribution in [0, 0.1) is 5.92 Å². The first-order chi connectivity index (χ1) is 9.10. The van der Waals surface area contributed by atoms with Crippen LogP contribution < -0.4 is 11.1 Å². The summed E-state index contributed by atoms with van der Waals surface area (Å²) in [7, 11) is 0. The number of likely N-dealkylation sites (tertiary alicyclic amines) is 1. The molecule has 1 saturated carbocycles. The van der Waals surface area contributed by atoms with Crippen LogP contribution >= 0.6 is 0 Å². The van der Waals surface area contributed by atoms with Gasteiger partial charge in [0.05, 0.1) is 0 Å². The van der Waals surface area contributed by atoms with Crippen molar-refractivity contribution in [3.05, 3.63) is 0 Å². The van der Waals surface area contributed by atoms with Crippen LogP contribution in [-0.2, 0) is 0 Å². The van der Waals surface area contributed by atoms with Gasteiger partial charge in [0.25, 0.3) is 0 Å². The monoisotopic (exact) mass is 269 g/mol. The highest BCUT2D eigenvalue weighted by Crippen LogP contribution is 2.29. The van der Waals surface area contributed by atoms with E-state index in [1.54, 1.807) is 0 Å². The Hall–Kier alpha value is -0.160. The summed E-state index contributed by atoms with van der Waals surface area (Å²) in [6.45, 7) is 7.71. The third-order valence-electron chi connectivity index (χ3n) is 5.14. The highest BCUT2D eigenvalue weighted by atomic mass is 16.3. The lowest BCUT2D eigenvalue weighted by Crippen LogP contribution is -2.59. The predicted octanol–water partition coefficient (Wildman–Crippen LogP) is 0.939. The van der Waals surface area contributed by atoms with Crippen molar-refractivity contribution in [1.82, 2.24) is 10.2 Å². The lowest BCUT2D eigenvalue weighted by atomic mass is 9.83. The van der Waals surface area contributed by atoms with Gasteiger partial charge < -0.3 is 16.2 Å². The summed E-state index contributed by atoms with van der Waals surface area (Å²) in [6.07, 6.45) is 6.02. The van der Waals surface area contributed by atoms with E-state index in [9.17, 15) is 5.11 Å². The lowest BCUT2D eigenvalue weighted by molar-refractivity contribution is 0.126. The maximum atomic E-state index is 9.55. The number of rotatable bonds is 5. The maximum absolute atomic E-state index is 9.55. The highest BCUT2D eigenvalue weighted by Gasteiger charge is 2.40. The van der Waals surface area contributed by atoms with E-state index in [2.05, 4.69) is 24.1 Å². The molecule has 0 aromatic heterocycles. The molecular weight excluding hydrogens is 238 g/mol. The van der Waals surface area contributed by atoms with Gasteiger partial charge >= 0.3 is 0 Å². The number of hydrogen-bond acceptors (Lipinski definition) is 4. The summed E-state index contributed by atoms with van der Waals surface area (Å²) in [5.41, 5.74) is 6.15. The van der Waals surface area contributed by atoms with Crippen molar-refractivity contribution in [2.75, 3.05) is 26.2 Å². The predicted molar refractivity (Wildman–Crippen MR) is 79.1 cm³/mol. The van der Waals surface area contributed by atoms with E-state index in [4.69, 9.17) is 5.73 Å². The molecule has 1 heterocycles. The van der Waals surface area contributed by atoms with Crippen molar-refractivity contribution in [1.29, 1.82) is 0 Å². The first-order valence-electron chi connectivity index (χ1n) is 7.93. The van der Waals surface area contributed by atoms with Gasteiger partial charge in [-0.05, 0) is 39.0 Å². The van der Waals surface area contributed by atoms with Crippen LogP contribution in [0.4, 0.5) is 0 Å². The second kappa shape index (κ2) is 6.53. The normalized spacial score (nSPS) is 37.1. The molecule has 3 unspecified atom stereocenters. The molecule has 1 aliphatic carbocycles. The highest BCUT2D eigenvalue weighted by molar-refractivity contribution is 5.01.